The summed E-state index contributed by atoms with van der Waals surface area (Å²) >= 11 is 0. The Morgan fingerprint density at radius 3 is 2.74 bits per heavy atom. The van der Waals surface area contributed by atoms with Gasteiger partial charge >= 0.3 is 0 Å². The van der Waals surface area contributed by atoms with Gasteiger partial charge in [0.1, 0.15) is 0 Å². The van der Waals surface area contributed by atoms with Crippen LogP contribution in [0.1, 0.15) is 13.3 Å². The lowest BCUT2D eigenvalue weighted by Gasteiger charge is -2.26. The minimum atomic E-state index is 0. The zero-order valence-electron chi connectivity index (χ0n) is 16.2. The molecule has 1 aliphatic rings. The van der Waals surface area contributed by atoms with Crippen LogP contribution < -0.4 is 10.6 Å². The molecule has 7 heteroatoms. The number of aliphatic imine (C=N–C) groups is 1. The summed E-state index contributed by atoms with van der Waals surface area (Å²) in [5.41, 5.74) is 1.30. The second-order valence-corrected chi connectivity index (χ2v) is 6.56. The van der Waals surface area contributed by atoms with Gasteiger partial charge in [0.15, 0.2) is 5.96 Å². The number of nitrogens with zero attached hydrogens (tertiary/aromatic N) is 3. The minimum Gasteiger partial charge on any atom is -0.379 e. The smallest absolute Gasteiger partial charge is 0.191 e. The lowest BCUT2D eigenvalue weighted by atomic mass is 10.2. The van der Waals surface area contributed by atoms with E-state index in [0.29, 0.717) is 0 Å². The van der Waals surface area contributed by atoms with Gasteiger partial charge in [-0.15, -0.1) is 24.0 Å². The molecule has 0 amide bonds. The Balaban J connectivity index is 0.00000261. The van der Waals surface area contributed by atoms with E-state index in [1.54, 1.807) is 0 Å². The minimum absolute atomic E-state index is 0. The Morgan fingerprint density at radius 2 is 1.93 bits per heavy atom. The number of ether oxygens (including phenoxy) is 1. The van der Waals surface area contributed by atoms with Crippen LogP contribution in [0.25, 0.3) is 10.9 Å². The number of morpholine rings is 1. The molecule has 1 aliphatic heterocycles. The number of hydrogen-bond acceptors (Lipinski definition) is 3. The number of aryl methyl sites for hydroxylation is 1. The first-order valence-electron chi connectivity index (χ1n) is 9.73. The quantitative estimate of drug-likeness (QED) is 0.261. The first-order valence-corrected chi connectivity index (χ1v) is 9.73. The van der Waals surface area contributed by atoms with Crippen molar-refractivity contribution < 1.29 is 4.74 Å². The number of aromatic nitrogens is 1. The molecule has 1 aromatic carbocycles. The summed E-state index contributed by atoms with van der Waals surface area (Å²) in [5, 5.41) is 8.07. The fourth-order valence-electron chi connectivity index (χ4n) is 3.27. The van der Waals surface area contributed by atoms with E-state index in [9.17, 15) is 0 Å². The Labute approximate surface area is 179 Å². The number of para-hydroxylation sites is 1. The van der Waals surface area contributed by atoms with E-state index in [1.165, 1.54) is 10.9 Å². The molecule has 2 aromatic rings. The van der Waals surface area contributed by atoms with Crippen molar-refractivity contribution in [2.45, 2.75) is 19.9 Å². The average Bonchev–Trinajstić information content (AvgIpc) is 3.09. The van der Waals surface area contributed by atoms with Crippen LogP contribution in [-0.4, -0.2) is 67.9 Å². The van der Waals surface area contributed by atoms with Gasteiger partial charge in [0.2, 0.25) is 0 Å². The van der Waals surface area contributed by atoms with Crippen LogP contribution in [0.5, 0.6) is 0 Å². The third-order valence-electron chi connectivity index (χ3n) is 4.68. The first-order chi connectivity index (χ1) is 12.9. The average molecular weight is 485 g/mol. The van der Waals surface area contributed by atoms with Gasteiger partial charge in [-0.1, -0.05) is 18.2 Å². The molecule has 0 aliphatic carbocycles. The van der Waals surface area contributed by atoms with Crippen molar-refractivity contribution in [2.24, 2.45) is 4.99 Å². The Bertz CT molecular complexity index is 696. The van der Waals surface area contributed by atoms with Crippen molar-refractivity contribution in [1.82, 2.24) is 20.1 Å². The molecule has 0 atom stereocenters. The molecular weight excluding hydrogens is 453 g/mol. The summed E-state index contributed by atoms with van der Waals surface area (Å²) in [7, 11) is 0. The molecular formula is C20H32IN5O. The summed E-state index contributed by atoms with van der Waals surface area (Å²) in [4.78, 5) is 7.14. The molecule has 2 heterocycles. The zero-order chi connectivity index (χ0) is 18.0. The van der Waals surface area contributed by atoms with Crippen LogP contribution in [0.4, 0.5) is 0 Å². The molecule has 27 heavy (non-hydrogen) atoms. The van der Waals surface area contributed by atoms with Gasteiger partial charge in [0.25, 0.3) is 0 Å². The summed E-state index contributed by atoms with van der Waals surface area (Å²) in [6, 6.07) is 10.7. The number of halogens is 1. The van der Waals surface area contributed by atoms with E-state index < -0.39 is 0 Å². The Kier molecular flexibility index (Phi) is 9.93. The number of nitrogens with one attached hydrogen (secondary N) is 2. The predicted molar refractivity (Wildman–Crippen MR) is 123 cm³/mol. The molecule has 1 aromatic heterocycles. The van der Waals surface area contributed by atoms with Gasteiger partial charge in [-0.3, -0.25) is 9.89 Å². The molecule has 150 valence electrons. The zero-order valence-corrected chi connectivity index (χ0v) is 18.5. The predicted octanol–water partition coefficient (Wildman–Crippen LogP) is 2.54. The van der Waals surface area contributed by atoms with Crippen LogP contribution in [0.3, 0.4) is 0 Å². The maximum absolute atomic E-state index is 5.39. The first kappa shape index (κ1) is 22.0. The number of guanidine groups is 1. The van der Waals surface area contributed by atoms with E-state index in [2.05, 4.69) is 63.6 Å². The van der Waals surface area contributed by atoms with E-state index in [0.717, 1.165) is 71.4 Å². The highest BCUT2D eigenvalue weighted by Crippen LogP contribution is 2.15. The summed E-state index contributed by atoms with van der Waals surface area (Å²) in [6.07, 6.45) is 3.19. The highest BCUT2D eigenvalue weighted by molar-refractivity contribution is 14.0. The Hall–Kier alpha value is -1.32. The van der Waals surface area contributed by atoms with Gasteiger partial charge in [-0.25, -0.2) is 0 Å². The monoisotopic (exact) mass is 485 g/mol. The van der Waals surface area contributed by atoms with Crippen LogP contribution in [-0.2, 0) is 11.3 Å². The molecule has 0 radical (unpaired) electrons. The number of hydrogen-bond donors (Lipinski definition) is 2. The van der Waals surface area contributed by atoms with Crippen molar-refractivity contribution in [3.05, 3.63) is 36.5 Å². The number of benzene rings is 1. The van der Waals surface area contributed by atoms with Crippen LogP contribution in [0.2, 0.25) is 0 Å². The molecule has 0 spiro atoms. The maximum atomic E-state index is 5.39. The topological polar surface area (TPSA) is 53.8 Å². The lowest BCUT2D eigenvalue weighted by Crippen LogP contribution is -2.44. The van der Waals surface area contributed by atoms with Gasteiger partial charge in [-0.05, 0) is 30.9 Å². The third kappa shape index (κ3) is 6.97. The van der Waals surface area contributed by atoms with E-state index in [-0.39, 0.29) is 24.0 Å². The lowest BCUT2D eigenvalue weighted by molar-refractivity contribution is 0.0389. The van der Waals surface area contributed by atoms with Crippen molar-refractivity contribution in [3.63, 3.8) is 0 Å². The van der Waals surface area contributed by atoms with E-state index in [1.807, 2.05) is 0 Å². The van der Waals surface area contributed by atoms with Crippen LogP contribution >= 0.6 is 24.0 Å². The third-order valence-corrected chi connectivity index (χ3v) is 4.68. The molecule has 0 unspecified atom stereocenters. The van der Waals surface area contributed by atoms with Crippen molar-refractivity contribution in [3.8, 4) is 0 Å². The van der Waals surface area contributed by atoms with Crippen LogP contribution in [0.15, 0.2) is 41.5 Å². The van der Waals surface area contributed by atoms with E-state index >= 15 is 0 Å². The van der Waals surface area contributed by atoms with Crippen molar-refractivity contribution in [1.29, 1.82) is 0 Å². The summed E-state index contributed by atoms with van der Waals surface area (Å²) in [5.74, 6) is 0.915. The van der Waals surface area contributed by atoms with Gasteiger partial charge in [0, 0.05) is 57.5 Å². The maximum Gasteiger partial charge on any atom is 0.191 e. The second kappa shape index (κ2) is 12.2. The summed E-state index contributed by atoms with van der Waals surface area (Å²) < 4.78 is 7.70. The number of fused-ring (bicyclic) bond motifs is 1. The molecule has 0 bridgehead atoms. The van der Waals surface area contributed by atoms with E-state index in [4.69, 9.17) is 9.73 Å². The number of rotatable bonds is 8. The highest BCUT2D eigenvalue weighted by atomic mass is 127. The highest BCUT2D eigenvalue weighted by Gasteiger charge is 2.09. The molecule has 1 fully saturated rings. The van der Waals surface area contributed by atoms with Crippen molar-refractivity contribution in [2.75, 3.05) is 52.5 Å². The van der Waals surface area contributed by atoms with Crippen molar-refractivity contribution >= 4 is 40.8 Å². The summed E-state index contributed by atoms with van der Waals surface area (Å²) in [6.45, 7) is 10.5. The molecule has 6 nitrogen and oxygen atoms in total. The molecule has 2 N–H and O–H groups in total. The van der Waals surface area contributed by atoms with Crippen LogP contribution in [0, 0.1) is 0 Å². The Morgan fingerprint density at radius 1 is 1.11 bits per heavy atom. The van der Waals surface area contributed by atoms with Gasteiger partial charge < -0.3 is 19.9 Å². The molecule has 0 saturated carbocycles. The largest absolute Gasteiger partial charge is 0.379 e. The molecule has 1 saturated heterocycles. The second-order valence-electron chi connectivity index (χ2n) is 6.56. The van der Waals surface area contributed by atoms with Gasteiger partial charge in [-0.2, -0.15) is 0 Å². The van der Waals surface area contributed by atoms with Gasteiger partial charge in [0.05, 0.1) is 13.2 Å². The normalized spacial score (nSPS) is 15.5. The molecule has 3 rings (SSSR count). The standard InChI is InChI=1S/C20H31N5O.HI/c1-2-21-20(23-10-13-24-14-16-26-17-15-24)22-9-5-11-25-12-8-18-6-3-4-7-19(18)25;/h3-4,6-8,12H,2,5,9-11,13-17H2,1H3,(H2,21,22,23);1H. The fourth-order valence-corrected chi connectivity index (χ4v) is 3.27. The SMILES string of the molecule is CCNC(=NCCCn1ccc2ccccc21)NCCN1CCOCC1.I. The fraction of sp³-hybridized carbons (Fsp3) is 0.550.